The fraction of sp³-hybridized carbons (Fsp3) is 0.304. The van der Waals surface area contributed by atoms with Gasteiger partial charge >= 0.3 is 0 Å². The Morgan fingerprint density at radius 1 is 1.00 bits per heavy atom. The number of fused-ring (bicyclic) bond motifs is 2. The third-order valence-electron chi connectivity index (χ3n) is 4.78. The van der Waals surface area contributed by atoms with Crippen molar-refractivity contribution < 1.29 is 23.7 Å². The first-order valence-electron chi connectivity index (χ1n) is 10.4. The monoisotopic (exact) mass is 516 g/mol. The molecular weight excluding hydrogens is 492 g/mol. The van der Waals surface area contributed by atoms with Crippen LogP contribution < -0.4 is 24.8 Å². The van der Waals surface area contributed by atoms with Gasteiger partial charge in [-0.3, -0.25) is 0 Å². The maximum atomic E-state index is 6.18. The molecule has 1 aromatic heterocycles. The van der Waals surface area contributed by atoms with Gasteiger partial charge in [-0.05, 0) is 24.3 Å². The first-order chi connectivity index (χ1) is 16.2. The molecule has 2 heterocycles. The van der Waals surface area contributed by atoms with Gasteiger partial charge in [0.1, 0.15) is 31.0 Å². The number of ether oxygens (including phenoxy) is 5. The van der Waals surface area contributed by atoms with Crippen LogP contribution >= 0.6 is 15.9 Å². The van der Waals surface area contributed by atoms with E-state index in [1.807, 2.05) is 36.4 Å². The number of nitrogens with zero attached hydrogens (tertiary/aromatic N) is 2. The van der Waals surface area contributed by atoms with Crippen LogP contribution in [0, 0.1) is 0 Å². The van der Waals surface area contributed by atoms with E-state index in [1.54, 1.807) is 14.2 Å². The predicted octanol–water partition coefficient (Wildman–Crippen LogP) is 4.75. The summed E-state index contributed by atoms with van der Waals surface area (Å²) in [4.78, 5) is 8.73. The van der Waals surface area contributed by atoms with E-state index >= 15 is 0 Å². The van der Waals surface area contributed by atoms with Crippen LogP contribution in [0.2, 0.25) is 0 Å². The fourth-order valence-corrected chi connectivity index (χ4v) is 3.60. The SMILES string of the molecule is COCCOc1cc2c(cc1OCCOC)Oc1ncnc(Nc3cccc(Br)c3)c1NC2. The van der Waals surface area contributed by atoms with Gasteiger partial charge in [0.2, 0.25) is 5.88 Å². The van der Waals surface area contributed by atoms with Crippen LogP contribution in [-0.4, -0.2) is 50.6 Å². The second kappa shape index (κ2) is 11.2. The summed E-state index contributed by atoms with van der Waals surface area (Å²) in [5.41, 5.74) is 2.45. The molecule has 0 unspecified atom stereocenters. The van der Waals surface area contributed by atoms with Crippen LogP contribution in [0.1, 0.15) is 5.56 Å². The lowest BCUT2D eigenvalue weighted by Gasteiger charge is -2.16. The normalized spacial score (nSPS) is 12.0. The molecular formula is C23H25BrN4O5. The van der Waals surface area contributed by atoms with Crippen molar-refractivity contribution in [3.05, 3.63) is 52.8 Å². The second-order valence-electron chi connectivity index (χ2n) is 7.08. The third-order valence-corrected chi connectivity index (χ3v) is 5.27. The first kappa shape index (κ1) is 23.1. The zero-order valence-corrected chi connectivity index (χ0v) is 20.0. The Hall–Kier alpha value is -3.08. The summed E-state index contributed by atoms with van der Waals surface area (Å²) in [5.74, 6) is 2.82. The highest BCUT2D eigenvalue weighted by Gasteiger charge is 2.22. The average molecular weight is 517 g/mol. The summed E-state index contributed by atoms with van der Waals surface area (Å²) >= 11 is 3.49. The smallest absolute Gasteiger partial charge is 0.248 e. The molecule has 0 saturated carbocycles. The number of halogens is 1. The zero-order chi connectivity index (χ0) is 23.0. The van der Waals surface area contributed by atoms with Crippen molar-refractivity contribution in [1.29, 1.82) is 0 Å². The van der Waals surface area contributed by atoms with E-state index < -0.39 is 0 Å². The number of hydrogen-bond acceptors (Lipinski definition) is 9. The van der Waals surface area contributed by atoms with Gasteiger partial charge < -0.3 is 34.3 Å². The van der Waals surface area contributed by atoms with Crippen molar-refractivity contribution in [1.82, 2.24) is 9.97 Å². The number of anilines is 3. The lowest BCUT2D eigenvalue weighted by molar-refractivity contribution is 0.132. The summed E-state index contributed by atoms with van der Waals surface area (Å²) < 4.78 is 29.1. The molecule has 2 aromatic carbocycles. The molecule has 9 nitrogen and oxygen atoms in total. The minimum absolute atomic E-state index is 0.383. The number of rotatable bonds is 10. The van der Waals surface area contributed by atoms with Crippen LogP contribution in [0.3, 0.4) is 0 Å². The molecule has 174 valence electrons. The summed E-state index contributed by atoms with van der Waals surface area (Å²) in [6, 6.07) is 11.5. The largest absolute Gasteiger partial charge is 0.487 e. The molecule has 0 atom stereocenters. The summed E-state index contributed by atoms with van der Waals surface area (Å²) in [7, 11) is 3.26. The molecule has 33 heavy (non-hydrogen) atoms. The van der Waals surface area contributed by atoms with Gasteiger partial charge in [-0.1, -0.05) is 22.0 Å². The standard InChI is InChI=1S/C23H25BrN4O5/c1-29-6-8-31-19-10-15-13-25-21-22(28-17-5-3-4-16(24)11-17)26-14-27-23(21)33-18(15)12-20(19)32-9-7-30-2/h3-5,10-12,14,25H,6-9,13H2,1-2H3,(H,26,27,28). The Balaban J connectivity index is 1.61. The minimum atomic E-state index is 0.383. The average Bonchev–Trinajstić information content (AvgIpc) is 2.99. The molecule has 0 amide bonds. The highest BCUT2D eigenvalue weighted by Crippen LogP contribution is 2.42. The van der Waals surface area contributed by atoms with Crippen molar-refractivity contribution in [2.45, 2.75) is 6.54 Å². The van der Waals surface area contributed by atoms with Gasteiger partial charge in [0.25, 0.3) is 0 Å². The van der Waals surface area contributed by atoms with Gasteiger partial charge in [-0.25, -0.2) is 4.98 Å². The van der Waals surface area contributed by atoms with Crippen LogP contribution in [0.5, 0.6) is 23.1 Å². The molecule has 0 bridgehead atoms. The van der Waals surface area contributed by atoms with Crippen LogP contribution in [0.4, 0.5) is 17.2 Å². The molecule has 0 spiro atoms. The molecule has 0 fully saturated rings. The predicted molar refractivity (Wildman–Crippen MR) is 128 cm³/mol. The van der Waals surface area contributed by atoms with E-state index in [0.29, 0.717) is 67.6 Å². The topological polar surface area (TPSA) is 96.0 Å². The first-order valence-corrected chi connectivity index (χ1v) is 11.2. The van der Waals surface area contributed by atoms with Gasteiger partial charge in [0.05, 0.1) is 13.2 Å². The van der Waals surface area contributed by atoms with E-state index in [0.717, 1.165) is 15.7 Å². The van der Waals surface area contributed by atoms with Gasteiger partial charge in [-0.2, -0.15) is 4.98 Å². The van der Waals surface area contributed by atoms with E-state index in [4.69, 9.17) is 23.7 Å². The summed E-state index contributed by atoms with van der Waals surface area (Å²) in [6.07, 6.45) is 1.46. The van der Waals surface area contributed by atoms with Crippen LogP contribution in [-0.2, 0) is 16.0 Å². The number of hydrogen-bond donors (Lipinski definition) is 2. The van der Waals surface area contributed by atoms with Gasteiger partial charge in [-0.15, -0.1) is 0 Å². The van der Waals surface area contributed by atoms with Crippen LogP contribution in [0.25, 0.3) is 0 Å². The van der Waals surface area contributed by atoms with Crippen molar-refractivity contribution >= 4 is 33.1 Å². The Bertz CT molecular complexity index is 1100. The third kappa shape index (κ3) is 5.84. The van der Waals surface area contributed by atoms with Gasteiger partial charge in [0.15, 0.2) is 17.3 Å². The van der Waals surface area contributed by atoms with Gasteiger partial charge in [0, 0.05) is 42.6 Å². The van der Waals surface area contributed by atoms with Crippen molar-refractivity contribution in [3.8, 4) is 23.1 Å². The maximum Gasteiger partial charge on any atom is 0.248 e. The Morgan fingerprint density at radius 3 is 2.48 bits per heavy atom. The van der Waals surface area contributed by atoms with E-state index in [9.17, 15) is 0 Å². The molecule has 1 aliphatic heterocycles. The van der Waals surface area contributed by atoms with Crippen LogP contribution in [0.15, 0.2) is 47.2 Å². The molecule has 1 aliphatic rings. The van der Waals surface area contributed by atoms with E-state index in [1.165, 1.54) is 6.33 Å². The van der Waals surface area contributed by atoms with E-state index in [-0.39, 0.29) is 0 Å². The van der Waals surface area contributed by atoms with E-state index in [2.05, 4.69) is 36.5 Å². The van der Waals surface area contributed by atoms with Crippen molar-refractivity contribution in [2.75, 3.05) is 51.3 Å². The van der Waals surface area contributed by atoms with Crippen molar-refractivity contribution in [3.63, 3.8) is 0 Å². The quantitative estimate of drug-likeness (QED) is 0.370. The number of aromatic nitrogens is 2. The maximum absolute atomic E-state index is 6.18. The number of methoxy groups -OCH3 is 2. The Labute approximate surface area is 200 Å². The minimum Gasteiger partial charge on any atom is -0.487 e. The molecule has 0 saturated heterocycles. The molecule has 10 heteroatoms. The number of nitrogens with one attached hydrogen (secondary N) is 2. The fourth-order valence-electron chi connectivity index (χ4n) is 3.20. The second-order valence-corrected chi connectivity index (χ2v) is 8.00. The molecule has 4 rings (SSSR count). The summed E-state index contributed by atoms with van der Waals surface area (Å²) in [5, 5.41) is 6.70. The Kier molecular flexibility index (Phi) is 7.82. The molecule has 2 N–H and O–H groups in total. The lowest BCUT2D eigenvalue weighted by Crippen LogP contribution is -2.09. The molecule has 0 radical (unpaired) electrons. The Morgan fingerprint density at radius 2 is 1.76 bits per heavy atom. The van der Waals surface area contributed by atoms with Crippen molar-refractivity contribution in [2.24, 2.45) is 0 Å². The lowest BCUT2D eigenvalue weighted by atomic mass is 10.1. The summed E-state index contributed by atoms with van der Waals surface area (Å²) in [6.45, 7) is 2.19. The highest BCUT2D eigenvalue weighted by atomic mass is 79.9. The zero-order valence-electron chi connectivity index (χ0n) is 18.4. The molecule has 0 aliphatic carbocycles. The molecule has 3 aromatic rings. The number of benzene rings is 2. The highest BCUT2D eigenvalue weighted by molar-refractivity contribution is 9.10.